The first-order valence-corrected chi connectivity index (χ1v) is 12.8. The van der Waals surface area contributed by atoms with Crippen LogP contribution in [0.25, 0.3) is 10.6 Å². The molecule has 0 atom stereocenters. The number of hydrogen-bond donors (Lipinski definition) is 2. The number of nitrogens with zero attached hydrogens (tertiary/aromatic N) is 2. The van der Waals surface area contributed by atoms with Gasteiger partial charge in [-0.25, -0.2) is 13.4 Å². The molecule has 1 heterocycles. The number of nitrogens with one attached hydrogen (secondary N) is 2. The van der Waals surface area contributed by atoms with E-state index in [0.29, 0.717) is 18.8 Å². The number of amides is 2. The fourth-order valence-corrected chi connectivity index (χ4v) is 5.46. The summed E-state index contributed by atoms with van der Waals surface area (Å²) in [5.41, 5.74) is 7.53. The van der Waals surface area contributed by atoms with Gasteiger partial charge in [0.05, 0.1) is 17.0 Å². The minimum Gasteiger partial charge on any atom is -0.273 e. The summed E-state index contributed by atoms with van der Waals surface area (Å²) in [5, 5.41) is 2.62. The largest absolute Gasteiger partial charge is 0.273 e. The predicted molar refractivity (Wildman–Crippen MR) is 128 cm³/mol. The van der Waals surface area contributed by atoms with Crippen LogP contribution in [-0.4, -0.2) is 42.6 Å². The normalized spacial score (nSPS) is 11.4. The molecular formula is C23H26N4O4S2. The Morgan fingerprint density at radius 1 is 1.03 bits per heavy atom. The van der Waals surface area contributed by atoms with Gasteiger partial charge >= 0.3 is 0 Å². The highest BCUT2D eigenvalue weighted by molar-refractivity contribution is 7.89. The first kappa shape index (κ1) is 24.6. The lowest BCUT2D eigenvalue weighted by atomic mass is 10.2. The van der Waals surface area contributed by atoms with Crippen LogP contribution in [0.15, 0.2) is 58.8 Å². The summed E-state index contributed by atoms with van der Waals surface area (Å²) in [4.78, 5) is 29.2. The Bertz CT molecular complexity index is 1230. The molecule has 0 saturated heterocycles. The molecule has 0 spiro atoms. The number of benzene rings is 2. The van der Waals surface area contributed by atoms with Gasteiger partial charge in [-0.3, -0.25) is 20.4 Å². The molecular weight excluding hydrogens is 460 g/mol. The maximum atomic E-state index is 12.7. The van der Waals surface area contributed by atoms with E-state index in [0.717, 1.165) is 16.1 Å². The van der Waals surface area contributed by atoms with Gasteiger partial charge in [-0.1, -0.05) is 49.7 Å². The van der Waals surface area contributed by atoms with Crippen LogP contribution in [0.5, 0.6) is 0 Å². The third-order valence-electron chi connectivity index (χ3n) is 4.95. The Morgan fingerprint density at radius 3 is 2.39 bits per heavy atom. The van der Waals surface area contributed by atoms with Gasteiger partial charge in [0.25, 0.3) is 5.91 Å². The minimum atomic E-state index is -3.69. The number of rotatable bonds is 8. The lowest BCUT2D eigenvalue weighted by molar-refractivity contribution is -0.121. The van der Waals surface area contributed by atoms with Crippen LogP contribution < -0.4 is 10.9 Å². The third kappa shape index (κ3) is 6.04. The molecule has 0 aliphatic heterocycles. The first-order valence-electron chi connectivity index (χ1n) is 10.5. The smallest absolute Gasteiger partial charge is 0.269 e. The van der Waals surface area contributed by atoms with E-state index in [4.69, 9.17) is 0 Å². The minimum absolute atomic E-state index is 0.000972. The third-order valence-corrected chi connectivity index (χ3v) is 7.93. The standard InChI is InChI=1S/C23H26N4O4S2/c1-4-27(5-2)33(30,31)20-8-6-7-18(13-20)22(29)26-25-21(28)14-19-15-32-23(24-19)17-11-9-16(3)10-12-17/h6-13,15H,4-5,14H2,1-3H3,(H,25,28)(H,26,29). The number of aromatic nitrogens is 1. The van der Waals surface area contributed by atoms with Crippen LogP contribution in [-0.2, 0) is 21.2 Å². The van der Waals surface area contributed by atoms with Gasteiger partial charge in [0.1, 0.15) is 5.01 Å². The highest BCUT2D eigenvalue weighted by atomic mass is 32.2. The summed E-state index contributed by atoms with van der Waals surface area (Å²) in [6.07, 6.45) is -0.000972. The van der Waals surface area contributed by atoms with E-state index in [1.54, 1.807) is 19.2 Å². The highest BCUT2D eigenvalue weighted by Gasteiger charge is 2.22. The predicted octanol–water partition coefficient (Wildman–Crippen LogP) is 3.15. The molecule has 0 aliphatic rings. The molecule has 2 N–H and O–H groups in total. The van der Waals surface area contributed by atoms with Crippen molar-refractivity contribution in [1.82, 2.24) is 20.1 Å². The molecule has 8 nitrogen and oxygen atoms in total. The number of aryl methyl sites for hydroxylation is 1. The monoisotopic (exact) mass is 486 g/mol. The van der Waals surface area contributed by atoms with Gasteiger partial charge in [0.15, 0.2) is 0 Å². The van der Waals surface area contributed by atoms with E-state index in [9.17, 15) is 18.0 Å². The van der Waals surface area contributed by atoms with Crippen LogP contribution in [0.1, 0.15) is 35.5 Å². The van der Waals surface area contributed by atoms with Crippen molar-refractivity contribution >= 4 is 33.2 Å². The molecule has 3 rings (SSSR count). The molecule has 2 aromatic carbocycles. The number of sulfonamides is 1. The average molecular weight is 487 g/mol. The Hall–Kier alpha value is -3.08. The Kier molecular flexibility index (Phi) is 7.96. The number of carbonyl (C=O) groups excluding carboxylic acids is 2. The molecule has 10 heteroatoms. The van der Waals surface area contributed by atoms with Crippen molar-refractivity contribution in [3.63, 3.8) is 0 Å². The van der Waals surface area contributed by atoms with Crippen LogP contribution in [0.3, 0.4) is 0 Å². The van der Waals surface area contributed by atoms with E-state index >= 15 is 0 Å². The lowest BCUT2D eigenvalue weighted by Crippen LogP contribution is -2.42. The molecule has 0 radical (unpaired) electrons. The molecule has 0 saturated carbocycles. The second-order valence-electron chi connectivity index (χ2n) is 7.31. The fourth-order valence-electron chi connectivity index (χ4n) is 3.13. The van der Waals surface area contributed by atoms with Crippen molar-refractivity contribution < 1.29 is 18.0 Å². The molecule has 174 valence electrons. The van der Waals surface area contributed by atoms with E-state index < -0.39 is 21.8 Å². The van der Waals surface area contributed by atoms with Crippen molar-refractivity contribution in [2.24, 2.45) is 0 Å². The molecule has 0 bridgehead atoms. The van der Waals surface area contributed by atoms with Gasteiger partial charge < -0.3 is 0 Å². The SMILES string of the molecule is CCN(CC)S(=O)(=O)c1cccc(C(=O)NNC(=O)Cc2csc(-c3ccc(C)cc3)n2)c1. The van der Waals surface area contributed by atoms with Crippen LogP contribution in [0.2, 0.25) is 0 Å². The number of carbonyl (C=O) groups is 2. The highest BCUT2D eigenvalue weighted by Crippen LogP contribution is 2.24. The Morgan fingerprint density at radius 2 is 1.73 bits per heavy atom. The quantitative estimate of drug-likeness (QED) is 0.476. The molecule has 1 aromatic heterocycles. The second-order valence-corrected chi connectivity index (χ2v) is 10.1. The molecule has 2 amide bonds. The van der Waals surface area contributed by atoms with Gasteiger partial charge in [-0.05, 0) is 25.1 Å². The molecule has 0 aliphatic carbocycles. The van der Waals surface area contributed by atoms with Crippen molar-refractivity contribution in [2.75, 3.05) is 13.1 Å². The van der Waals surface area contributed by atoms with Crippen molar-refractivity contribution in [3.8, 4) is 10.6 Å². The summed E-state index contributed by atoms with van der Waals surface area (Å²) < 4.78 is 26.7. The zero-order valence-corrected chi connectivity index (χ0v) is 20.3. The van der Waals surface area contributed by atoms with E-state index in [2.05, 4.69) is 15.8 Å². The summed E-state index contributed by atoms with van der Waals surface area (Å²) in [6, 6.07) is 13.7. The number of hydrogen-bond acceptors (Lipinski definition) is 6. The molecule has 3 aromatic rings. The molecule has 0 unspecified atom stereocenters. The first-order chi connectivity index (χ1) is 15.7. The summed E-state index contributed by atoms with van der Waals surface area (Å²) in [5.74, 6) is -1.05. The fraction of sp³-hybridized carbons (Fsp3) is 0.261. The number of hydrazine groups is 1. The van der Waals surface area contributed by atoms with Crippen molar-refractivity contribution in [2.45, 2.75) is 32.1 Å². The van der Waals surface area contributed by atoms with Gasteiger partial charge in [-0.2, -0.15) is 4.31 Å². The maximum absolute atomic E-state index is 12.7. The summed E-state index contributed by atoms with van der Waals surface area (Å²) in [6.45, 7) is 6.16. The van der Waals surface area contributed by atoms with Crippen molar-refractivity contribution in [3.05, 3.63) is 70.7 Å². The van der Waals surface area contributed by atoms with Gasteiger partial charge in [0, 0.05) is 29.6 Å². The Balaban J connectivity index is 1.60. The van der Waals surface area contributed by atoms with Crippen LogP contribution in [0.4, 0.5) is 0 Å². The van der Waals surface area contributed by atoms with Gasteiger partial charge in [-0.15, -0.1) is 11.3 Å². The lowest BCUT2D eigenvalue weighted by Gasteiger charge is -2.18. The van der Waals surface area contributed by atoms with E-state index in [1.807, 2.05) is 31.2 Å². The zero-order valence-electron chi connectivity index (χ0n) is 18.7. The average Bonchev–Trinajstić information content (AvgIpc) is 3.27. The molecule has 33 heavy (non-hydrogen) atoms. The maximum Gasteiger partial charge on any atom is 0.269 e. The molecule has 0 fully saturated rings. The second kappa shape index (κ2) is 10.7. The zero-order chi connectivity index (χ0) is 24.0. The van der Waals surface area contributed by atoms with E-state index in [-0.39, 0.29) is 16.9 Å². The Labute approximate surface area is 197 Å². The van der Waals surface area contributed by atoms with Crippen molar-refractivity contribution in [1.29, 1.82) is 0 Å². The van der Waals surface area contributed by atoms with Crippen LogP contribution >= 0.6 is 11.3 Å². The van der Waals surface area contributed by atoms with Crippen LogP contribution in [0, 0.1) is 6.92 Å². The topological polar surface area (TPSA) is 108 Å². The van der Waals surface area contributed by atoms with E-state index in [1.165, 1.54) is 39.9 Å². The number of thiazole rings is 1. The summed E-state index contributed by atoms with van der Waals surface area (Å²) in [7, 11) is -3.69. The van der Waals surface area contributed by atoms with Gasteiger partial charge in [0.2, 0.25) is 15.9 Å². The summed E-state index contributed by atoms with van der Waals surface area (Å²) >= 11 is 1.44.